The van der Waals surface area contributed by atoms with E-state index >= 15 is 0 Å². The van der Waals surface area contributed by atoms with Crippen molar-refractivity contribution in [3.8, 4) is 0 Å². The molecule has 9 nitrogen and oxygen atoms in total. The fourth-order valence-corrected chi connectivity index (χ4v) is 3.05. The molecule has 0 bridgehead atoms. The first-order valence-electron chi connectivity index (χ1n) is 6.03. The van der Waals surface area contributed by atoms with Crippen molar-refractivity contribution in [3.05, 3.63) is 33.1 Å². The quantitative estimate of drug-likeness (QED) is 0.478. The Balaban J connectivity index is 2.45. The molecule has 1 saturated heterocycles. The van der Waals surface area contributed by atoms with Gasteiger partial charge in [0.2, 0.25) is 13.0 Å². The van der Waals surface area contributed by atoms with Crippen LogP contribution in [0.3, 0.4) is 0 Å². The Labute approximate surface area is 129 Å². The molecule has 0 aliphatic carbocycles. The lowest BCUT2D eigenvalue weighted by Crippen LogP contribution is -2.47. The number of rotatable bonds is 5. The highest BCUT2D eigenvalue weighted by Crippen LogP contribution is 2.45. The van der Waals surface area contributed by atoms with Crippen LogP contribution in [0.15, 0.2) is 21.9 Å². The molecular formula is C10H14FN2O7PS. The highest BCUT2D eigenvalue weighted by molar-refractivity contribution is 8.39. The van der Waals surface area contributed by atoms with E-state index in [-0.39, 0.29) is 0 Å². The van der Waals surface area contributed by atoms with Crippen molar-refractivity contribution in [2.24, 2.45) is 0 Å². The zero-order valence-electron chi connectivity index (χ0n) is 11.3. The summed E-state index contributed by atoms with van der Waals surface area (Å²) in [4.78, 5) is 24.7. The minimum Gasteiger partial charge on any atom is -0.391 e. The maximum atomic E-state index is 14.6. The van der Waals surface area contributed by atoms with Crippen LogP contribution in [0.25, 0.3) is 0 Å². The van der Waals surface area contributed by atoms with E-state index in [1.54, 1.807) is 0 Å². The first-order valence-corrected chi connectivity index (χ1v) is 8.64. The van der Waals surface area contributed by atoms with Gasteiger partial charge in [0.1, 0.15) is 6.61 Å². The van der Waals surface area contributed by atoms with Gasteiger partial charge in [0, 0.05) is 19.4 Å². The predicted octanol–water partition coefficient (Wildman–Crippen LogP) is -0.557. The SMILES string of the molecule is CO[C@]1(CO)OC(n2ccc(=O)[nH]c2=O)C(F)C1O[PH](=O)S. The molecule has 2 N–H and O–H groups in total. The molecule has 2 heterocycles. The third-order valence-corrected chi connectivity index (χ3v) is 4.01. The van der Waals surface area contributed by atoms with Gasteiger partial charge < -0.3 is 19.1 Å². The fraction of sp³-hybridized carbons (Fsp3) is 0.600. The van der Waals surface area contributed by atoms with E-state index in [9.17, 15) is 23.7 Å². The smallest absolute Gasteiger partial charge is 0.330 e. The van der Waals surface area contributed by atoms with Crippen LogP contribution in [-0.2, 0) is 18.6 Å². The molecule has 1 fully saturated rings. The first kappa shape index (κ1) is 17.4. The number of alkyl halides is 1. The summed E-state index contributed by atoms with van der Waals surface area (Å²) in [6.07, 6.45) is -4.09. The van der Waals surface area contributed by atoms with E-state index in [0.29, 0.717) is 0 Å². The second-order valence-corrected chi connectivity index (χ2v) is 6.31. The molecule has 1 aromatic rings. The predicted molar refractivity (Wildman–Crippen MR) is 76.0 cm³/mol. The van der Waals surface area contributed by atoms with Gasteiger partial charge in [0.05, 0.1) is 0 Å². The minimum atomic E-state index is -2.87. The molecule has 0 aromatic carbocycles. The second-order valence-electron chi connectivity index (χ2n) is 4.45. The molecule has 5 atom stereocenters. The standard InChI is InChI=1S/C10H14FN2O7PS/c1-18-10(4-14)7(20-21(17)22)6(11)8(19-10)13-3-2-5(15)12-9(13)16/h2-3,6-8,14,21H,4H2,1H3,(H,17,22)(H,12,15,16)/t6?,7?,8?,10-/m1/s1. The number of aromatic nitrogens is 2. The Kier molecular flexibility index (Phi) is 5.25. The van der Waals surface area contributed by atoms with Crippen LogP contribution < -0.4 is 11.2 Å². The topological polar surface area (TPSA) is 120 Å². The number of aromatic amines is 1. The van der Waals surface area contributed by atoms with Crippen molar-refractivity contribution in [3.63, 3.8) is 0 Å². The van der Waals surface area contributed by atoms with Gasteiger partial charge in [-0.2, -0.15) is 0 Å². The van der Waals surface area contributed by atoms with E-state index in [1.807, 2.05) is 4.98 Å². The van der Waals surface area contributed by atoms with Crippen molar-refractivity contribution in [2.45, 2.75) is 24.3 Å². The third-order valence-electron chi connectivity index (χ3n) is 3.23. The summed E-state index contributed by atoms with van der Waals surface area (Å²) < 4.78 is 41.7. The number of nitrogens with zero attached hydrogens (tertiary/aromatic N) is 1. The number of aliphatic hydroxyl groups is 1. The largest absolute Gasteiger partial charge is 0.391 e. The lowest BCUT2D eigenvalue weighted by Gasteiger charge is -2.29. The molecule has 1 aliphatic heterocycles. The van der Waals surface area contributed by atoms with E-state index in [1.165, 1.54) is 0 Å². The second kappa shape index (κ2) is 6.65. The van der Waals surface area contributed by atoms with Crippen molar-refractivity contribution in [1.82, 2.24) is 9.55 Å². The van der Waals surface area contributed by atoms with Gasteiger partial charge in [-0.25, -0.2) is 9.18 Å². The summed E-state index contributed by atoms with van der Waals surface area (Å²) >= 11 is 3.57. The molecule has 1 aliphatic rings. The fourth-order valence-electron chi connectivity index (χ4n) is 2.19. The Bertz CT molecular complexity index is 676. The van der Waals surface area contributed by atoms with Gasteiger partial charge in [-0.05, 0) is 0 Å². The van der Waals surface area contributed by atoms with Crippen LogP contribution in [0.1, 0.15) is 6.23 Å². The van der Waals surface area contributed by atoms with Crippen LogP contribution in [0.2, 0.25) is 0 Å². The summed E-state index contributed by atoms with van der Waals surface area (Å²) in [5.41, 5.74) is -1.58. The first-order chi connectivity index (χ1) is 10.3. The normalized spacial score (nSPS) is 33.0. The summed E-state index contributed by atoms with van der Waals surface area (Å²) in [6, 6.07) is 1.00. The van der Waals surface area contributed by atoms with E-state index in [2.05, 4.69) is 12.2 Å². The van der Waals surface area contributed by atoms with Crippen molar-refractivity contribution < 1.29 is 28.1 Å². The number of H-pyrrole nitrogens is 1. The minimum absolute atomic E-state index is 0.664. The number of nitrogens with one attached hydrogen (secondary N) is 1. The van der Waals surface area contributed by atoms with Crippen LogP contribution in [0.5, 0.6) is 0 Å². The number of thiol groups is 1. The lowest BCUT2D eigenvalue weighted by molar-refractivity contribution is -0.265. The number of ether oxygens (including phenoxy) is 2. The van der Waals surface area contributed by atoms with E-state index in [4.69, 9.17) is 14.0 Å². The summed E-state index contributed by atoms with van der Waals surface area (Å²) in [6.45, 7) is -0.813. The van der Waals surface area contributed by atoms with E-state index in [0.717, 1.165) is 23.9 Å². The molecule has 22 heavy (non-hydrogen) atoms. The molecule has 0 amide bonds. The maximum Gasteiger partial charge on any atom is 0.330 e. The molecule has 2 rings (SSSR count). The Morgan fingerprint density at radius 3 is 2.82 bits per heavy atom. The molecule has 0 saturated carbocycles. The average Bonchev–Trinajstić information content (AvgIpc) is 2.73. The number of methoxy groups -OCH3 is 1. The number of hydrogen-bond donors (Lipinski definition) is 3. The molecule has 12 heteroatoms. The molecule has 1 aromatic heterocycles. The maximum absolute atomic E-state index is 14.6. The number of aliphatic hydroxyl groups excluding tert-OH is 1. The van der Waals surface area contributed by atoms with Crippen molar-refractivity contribution in [2.75, 3.05) is 13.7 Å². The molecule has 0 spiro atoms. The summed E-state index contributed by atoms with van der Waals surface area (Å²) in [5.74, 6) is -1.96. The Hall–Kier alpha value is -0.970. The summed E-state index contributed by atoms with van der Waals surface area (Å²) in [7, 11) is -1.74. The van der Waals surface area contributed by atoms with Crippen LogP contribution in [0.4, 0.5) is 4.39 Å². The van der Waals surface area contributed by atoms with Crippen molar-refractivity contribution in [1.29, 1.82) is 0 Å². The van der Waals surface area contributed by atoms with Crippen LogP contribution in [-0.4, -0.2) is 46.4 Å². The van der Waals surface area contributed by atoms with E-state index < -0.39 is 49.4 Å². The zero-order valence-corrected chi connectivity index (χ0v) is 13.2. The molecule has 124 valence electrons. The molecule has 4 unspecified atom stereocenters. The number of hydrogen-bond acceptors (Lipinski definition) is 7. The Morgan fingerprint density at radius 1 is 1.64 bits per heavy atom. The molecular weight excluding hydrogens is 342 g/mol. The third kappa shape index (κ3) is 3.05. The number of halogens is 1. The van der Waals surface area contributed by atoms with Gasteiger partial charge in [-0.1, -0.05) is 12.2 Å². The van der Waals surface area contributed by atoms with Gasteiger partial charge >= 0.3 is 5.69 Å². The van der Waals surface area contributed by atoms with Crippen LogP contribution >= 0.6 is 19.5 Å². The van der Waals surface area contributed by atoms with Gasteiger partial charge in [-0.15, -0.1) is 0 Å². The monoisotopic (exact) mass is 356 g/mol. The lowest BCUT2D eigenvalue weighted by atomic mass is 10.1. The van der Waals surface area contributed by atoms with Gasteiger partial charge in [0.25, 0.3) is 5.56 Å². The van der Waals surface area contributed by atoms with Gasteiger partial charge in [0.15, 0.2) is 18.5 Å². The molecule has 0 radical (unpaired) electrons. The Morgan fingerprint density at radius 2 is 2.32 bits per heavy atom. The van der Waals surface area contributed by atoms with Crippen LogP contribution in [0, 0.1) is 0 Å². The highest BCUT2D eigenvalue weighted by atomic mass is 32.7. The average molecular weight is 356 g/mol. The zero-order chi connectivity index (χ0) is 16.5. The van der Waals surface area contributed by atoms with Gasteiger partial charge in [-0.3, -0.25) is 18.9 Å². The highest BCUT2D eigenvalue weighted by Gasteiger charge is 2.58. The van der Waals surface area contributed by atoms with Crippen molar-refractivity contribution >= 4 is 19.5 Å². The summed E-state index contributed by atoms with van der Waals surface area (Å²) in [5, 5.41) is 9.44.